The molecule has 3 rings (SSSR count). The van der Waals surface area contributed by atoms with Crippen molar-refractivity contribution >= 4 is 5.91 Å². The highest BCUT2D eigenvalue weighted by molar-refractivity contribution is 5.83. The Hall–Kier alpha value is -2.30. The molecule has 0 bridgehead atoms. The summed E-state index contributed by atoms with van der Waals surface area (Å²) < 4.78 is 39.3. The smallest absolute Gasteiger partial charge is 0.325 e. The fourth-order valence-corrected chi connectivity index (χ4v) is 3.43. The van der Waals surface area contributed by atoms with Gasteiger partial charge in [-0.3, -0.25) is 4.79 Å². The van der Waals surface area contributed by atoms with Crippen LogP contribution < -0.4 is 0 Å². The fourth-order valence-electron chi connectivity index (χ4n) is 3.43. The molecule has 2 unspecified atom stereocenters. The Morgan fingerprint density at radius 2 is 1.54 bits per heavy atom. The van der Waals surface area contributed by atoms with Gasteiger partial charge in [0.2, 0.25) is 0 Å². The lowest BCUT2D eigenvalue weighted by Gasteiger charge is -2.31. The minimum atomic E-state index is -4.85. The van der Waals surface area contributed by atoms with E-state index in [1.807, 2.05) is 36.4 Å². The largest absolute Gasteiger partial charge is 0.471 e. The van der Waals surface area contributed by atoms with Crippen molar-refractivity contribution in [1.29, 1.82) is 0 Å². The molecule has 2 nitrogen and oxygen atoms in total. The molecular formula is C19H18F3NO. The van der Waals surface area contributed by atoms with Crippen LogP contribution >= 0.6 is 0 Å². The summed E-state index contributed by atoms with van der Waals surface area (Å²) in [6.07, 6.45) is -3.31. The molecule has 1 heterocycles. The van der Waals surface area contributed by atoms with E-state index in [1.54, 1.807) is 24.3 Å². The topological polar surface area (TPSA) is 20.3 Å². The average molecular weight is 333 g/mol. The van der Waals surface area contributed by atoms with Gasteiger partial charge in [-0.25, -0.2) is 0 Å². The van der Waals surface area contributed by atoms with E-state index >= 15 is 0 Å². The maximum atomic E-state index is 13.1. The molecule has 0 N–H and O–H groups in total. The Kier molecular flexibility index (Phi) is 4.60. The minimum Gasteiger partial charge on any atom is -0.325 e. The highest BCUT2D eigenvalue weighted by Gasteiger charge is 2.49. The van der Waals surface area contributed by atoms with Gasteiger partial charge in [0.15, 0.2) is 0 Å². The summed E-state index contributed by atoms with van der Waals surface area (Å²) in [6.45, 7) is 0. The van der Waals surface area contributed by atoms with Gasteiger partial charge in [0, 0.05) is 6.04 Å². The van der Waals surface area contributed by atoms with Gasteiger partial charge in [-0.05, 0) is 30.4 Å². The van der Waals surface area contributed by atoms with E-state index in [4.69, 9.17) is 0 Å². The lowest BCUT2D eigenvalue weighted by molar-refractivity contribution is -0.188. The first kappa shape index (κ1) is 16.6. The third-order valence-electron chi connectivity index (χ3n) is 4.48. The molecule has 1 aliphatic rings. The molecule has 0 aromatic heterocycles. The monoisotopic (exact) mass is 333 g/mol. The first-order valence-corrected chi connectivity index (χ1v) is 7.95. The average Bonchev–Trinajstić information content (AvgIpc) is 2.98. The molecule has 1 aliphatic heterocycles. The van der Waals surface area contributed by atoms with Crippen LogP contribution in [0, 0.1) is 0 Å². The third-order valence-corrected chi connectivity index (χ3v) is 4.48. The first-order valence-electron chi connectivity index (χ1n) is 7.95. The highest BCUT2D eigenvalue weighted by Crippen LogP contribution is 2.40. The molecule has 2 aromatic carbocycles. The molecule has 0 saturated carbocycles. The zero-order chi connectivity index (χ0) is 17.2. The van der Waals surface area contributed by atoms with E-state index in [2.05, 4.69) is 0 Å². The van der Waals surface area contributed by atoms with Gasteiger partial charge in [-0.15, -0.1) is 0 Å². The molecule has 0 radical (unpaired) electrons. The van der Waals surface area contributed by atoms with Gasteiger partial charge in [0.25, 0.3) is 0 Å². The van der Waals surface area contributed by atoms with E-state index in [0.29, 0.717) is 19.3 Å². The molecule has 0 spiro atoms. The van der Waals surface area contributed by atoms with Crippen molar-refractivity contribution in [2.24, 2.45) is 0 Å². The van der Waals surface area contributed by atoms with Crippen molar-refractivity contribution in [2.75, 3.05) is 0 Å². The number of benzene rings is 2. The Morgan fingerprint density at radius 1 is 0.958 bits per heavy atom. The Bertz CT molecular complexity index is 685. The van der Waals surface area contributed by atoms with E-state index < -0.39 is 24.2 Å². The molecule has 2 aromatic rings. The number of likely N-dealkylation sites (tertiary alicyclic amines) is 1. The molecule has 1 amide bonds. The fraction of sp³-hybridized carbons (Fsp3) is 0.316. The van der Waals surface area contributed by atoms with Crippen molar-refractivity contribution in [1.82, 2.24) is 4.90 Å². The Morgan fingerprint density at radius 3 is 2.12 bits per heavy atom. The molecule has 1 fully saturated rings. The summed E-state index contributed by atoms with van der Waals surface area (Å²) in [7, 11) is 0. The number of halogens is 3. The number of amides is 1. The van der Waals surface area contributed by atoms with Crippen LogP contribution in [0.5, 0.6) is 0 Å². The number of carbonyl (C=O) groups excluding carboxylic acids is 1. The number of hydrogen-bond donors (Lipinski definition) is 0. The van der Waals surface area contributed by atoms with Crippen LogP contribution in [0.25, 0.3) is 0 Å². The summed E-state index contributed by atoms with van der Waals surface area (Å²) in [5.41, 5.74) is 1.70. The molecule has 24 heavy (non-hydrogen) atoms. The number of hydrogen-bond acceptors (Lipinski definition) is 1. The predicted molar refractivity (Wildman–Crippen MR) is 85.3 cm³/mol. The second-order valence-electron chi connectivity index (χ2n) is 6.06. The second kappa shape index (κ2) is 6.67. The summed E-state index contributed by atoms with van der Waals surface area (Å²) in [6, 6.07) is 17.3. The summed E-state index contributed by atoms with van der Waals surface area (Å²) in [4.78, 5) is 13.1. The zero-order valence-corrected chi connectivity index (χ0v) is 13.0. The van der Waals surface area contributed by atoms with Crippen molar-refractivity contribution in [3.05, 3.63) is 71.8 Å². The highest BCUT2D eigenvalue weighted by atomic mass is 19.4. The lowest BCUT2D eigenvalue weighted by Crippen LogP contribution is -2.45. The summed E-state index contributed by atoms with van der Waals surface area (Å²) in [5, 5.41) is 0. The van der Waals surface area contributed by atoms with E-state index in [-0.39, 0.29) is 0 Å². The van der Waals surface area contributed by atoms with Crippen molar-refractivity contribution in [2.45, 2.75) is 37.5 Å². The Labute approximate surface area is 138 Å². The second-order valence-corrected chi connectivity index (χ2v) is 6.06. The van der Waals surface area contributed by atoms with E-state index in [9.17, 15) is 18.0 Å². The van der Waals surface area contributed by atoms with Crippen LogP contribution in [-0.4, -0.2) is 23.0 Å². The predicted octanol–water partition coefficient (Wildman–Crippen LogP) is 4.52. The number of nitrogens with zero attached hydrogens (tertiary/aromatic N) is 1. The van der Waals surface area contributed by atoms with Gasteiger partial charge in [0.1, 0.15) is 0 Å². The van der Waals surface area contributed by atoms with Crippen molar-refractivity contribution in [3.8, 4) is 0 Å². The molecule has 1 saturated heterocycles. The van der Waals surface area contributed by atoms with Gasteiger partial charge in [-0.1, -0.05) is 60.7 Å². The molecule has 126 valence electrons. The Balaban J connectivity index is 1.90. The maximum Gasteiger partial charge on any atom is 0.471 e. The SMILES string of the molecule is O=C(N1C(Cc2ccccc2)CCC1c1ccccc1)C(F)(F)F. The van der Waals surface area contributed by atoms with Crippen molar-refractivity contribution < 1.29 is 18.0 Å². The van der Waals surface area contributed by atoms with E-state index in [1.165, 1.54) is 0 Å². The van der Waals surface area contributed by atoms with Crippen LogP contribution in [0.4, 0.5) is 13.2 Å². The quantitative estimate of drug-likeness (QED) is 0.808. The lowest BCUT2D eigenvalue weighted by atomic mass is 10.0. The van der Waals surface area contributed by atoms with Gasteiger partial charge >= 0.3 is 12.1 Å². The van der Waals surface area contributed by atoms with Gasteiger partial charge < -0.3 is 4.90 Å². The first-order chi connectivity index (χ1) is 11.5. The van der Waals surface area contributed by atoms with Crippen molar-refractivity contribution in [3.63, 3.8) is 0 Å². The minimum absolute atomic E-state index is 0.437. The van der Waals surface area contributed by atoms with Gasteiger partial charge in [0.05, 0.1) is 6.04 Å². The van der Waals surface area contributed by atoms with Crippen LogP contribution in [-0.2, 0) is 11.2 Å². The standard InChI is InChI=1S/C19H18F3NO/c20-19(21,22)18(24)23-16(13-14-7-3-1-4-8-14)11-12-17(23)15-9-5-2-6-10-15/h1-10,16-17H,11-13H2. The van der Waals surface area contributed by atoms with Crippen LogP contribution in [0.15, 0.2) is 60.7 Å². The number of carbonyl (C=O) groups is 1. The summed E-state index contributed by atoms with van der Waals surface area (Å²) in [5.74, 6) is -1.74. The van der Waals surface area contributed by atoms with Gasteiger partial charge in [-0.2, -0.15) is 13.2 Å². The molecule has 5 heteroatoms. The summed E-state index contributed by atoms with van der Waals surface area (Å²) >= 11 is 0. The van der Waals surface area contributed by atoms with E-state index in [0.717, 1.165) is 16.0 Å². The third kappa shape index (κ3) is 3.45. The number of alkyl halides is 3. The normalized spacial score (nSPS) is 21.0. The molecule has 0 aliphatic carbocycles. The van der Waals surface area contributed by atoms with Crippen LogP contribution in [0.3, 0.4) is 0 Å². The molecule has 2 atom stereocenters. The maximum absolute atomic E-state index is 13.1. The zero-order valence-electron chi connectivity index (χ0n) is 13.0. The van der Waals surface area contributed by atoms with Crippen LogP contribution in [0.2, 0.25) is 0 Å². The van der Waals surface area contributed by atoms with Crippen LogP contribution in [0.1, 0.15) is 30.0 Å². The molecular weight excluding hydrogens is 315 g/mol. The number of rotatable bonds is 3.